The van der Waals surface area contributed by atoms with Gasteiger partial charge in [0.2, 0.25) is 0 Å². The van der Waals surface area contributed by atoms with Gasteiger partial charge in [-0.25, -0.2) is 0 Å². The van der Waals surface area contributed by atoms with Crippen molar-refractivity contribution in [2.24, 2.45) is 0 Å². The lowest BCUT2D eigenvalue weighted by Crippen LogP contribution is -2.39. The molecule has 2 aromatic rings. The zero-order chi connectivity index (χ0) is 18.7. The highest BCUT2D eigenvalue weighted by atomic mass is 35.5. The molecule has 1 N–H and O–H groups in total. The molecule has 136 valence electrons. The lowest BCUT2D eigenvalue weighted by atomic mass is 9.98. The molecule has 3 rings (SSSR count). The van der Waals surface area contributed by atoms with Gasteiger partial charge in [-0.1, -0.05) is 23.2 Å². The Labute approximate surface area is 161 Å². The van der Waals surface area contributed by atoms with Crippen molar-refractivity contribution in [3.63, 3.8) is 0 Å². The van der Waals surface area contributed by atoms with Crippen LogP contribution < -0.4 is 5.32 Å². The van der Waals surface area contributed by atoms with Crippen molar-refractivity contribution < 1.29 is 14.3 Å². The Bertz CT molecular complexity index is 855. The summed E-state index contributed by atoms with van der Waals surface area (Å²) in [6.07, 6.45) is 0.732. The summed E-state index contributed by atoms with van der Waals surface area (Å²) in [5.41, 5.74) is 2.55. The number of rotatable bonds is 5. The molecule has 7 heteroatoms. The first-order valence-electron chi connectivity index (χ1n) is 8.17. The smallest absolute Gasteiger partial charge is 0.257 e. The maximum Gasteiger partial charge on any atom is 0.257 e. The molecular weight excluding hydrogens is 375 g/mol. The SMILES string of the molecule is COCCN1CCc2cc(NC(=O)c3ccc(Cl)cc3Cl)ccc2C1=O. The van der Waals surface area contributed by atoms with E-state index in [0.29, 0.717) is 41.5 Å². The highest BCUT2D eigenvalue weighted by Gasteiger charge is 2.24. The number of nitrogens with one attached hydrogen (secondary N) is 1. The van der Waals surface area contributed by atoms with E-state index in [-0.39, 0.29) is 16.8 Å². The molecular formula is C19H18Cl2N2O3. The second-order valence-corrected chi connectivity index (χ2v) is 6.83. The van der Waals surface area contributed by atoms with Crippen LogP contribution in [0, 0.1) is 0 Å². The topological polar surface area (TPSA) is 58.6 Å². The zero-order valence-corrected chi connectivity index (χ0v) is 15.7. The first-order valence-corrected chi connectivity index (χ1v) is 8.92. The van der Waals surface area contributed by atoms with Crippen LogP contribution in [0.15, 0.2) is 36.4 Å². The minimum Gasteiger partial charge on any atom is -0.383 e. The summed E-state index contributed by atoms with van der Waals surface area (Å²) in [5.74, 6) is -0.336. The van der Waals surface area contributed by atoms with E-state index >= 15 is 0 Å². The standard InChI is InChI=1S/C19H18Cl2N2O3/c1-26-9-8-23-7-6-12-10-14(3-5-15(12)19(23)25)22-18(24)16-4-2-13(20)11-17(16)21/h2-5,10-11H,6-9H2,1H3,(H,22,24). The average molecular weight is 393 g/mol. The highest BCUT2D eigenvalue weighted by molar-refractivity contribution is 6.37. The van der Waals surface area contributed by atoms with Crippen molar-refractivity contribution >= 4 is 40.7 Å². The number of benzene rings is 2. The van der Waals surface area contributed by atoms with Crippen LogP contribution in [0.2, 0.25) is 10.0 Å². The van der Waals surface area contributed by atoms with Gasteiger partial charge in [-0.2, -0.15) is 0 Å². The van der Waals surface area contributed by atoms with Crippen LogP contribution in [-0.4, -0.2) is 43.5 Å². The number of anilines is 1. The van der Waals surface area contributed by atoms with Crippen LogP contribution in [0.25, 0.3) is 0 Å². The van der Waals surface area contributed by atoms with E-state index in [9.17, 15) is 9.59 Å². The summed E-state index contributed by atoms with van der Waals surface area (Å²) < 4.78 is 5.04. The van der Waals surface area contributed by atoms with E-state index in [0.717, 1.165) is 12.0 Å². The molecule has 0 atom stereocenters. The minimum absolute atomic E-state index is 0.0121. The maximum atomic E-state index is 12.5. The molecule has 0 radical (unpaired) electrons. The largest absolute Gasteiger partial charge is 0.383 e. The van der Waals surface area contributed by atoms with Gasteiger partial charge in [0.05, 0.1) is 17.2 Å². The molecule has 5 nitrogen and oxygen atoms in total. The van der Waals surface area contributed by atoms with Crippen molar-refractivity contribution in [2.75, 3.05) is 32.1 Å². The summed E-state index contributed by atoms with van der Waals surface area (Å²) in [6.45, 7) is 1.72. The van der Waals surface area contributed by atoms with E-state index < -0.39 is 0 Å². The number of hydrogen-bond donors (Lipinski definition) is 1. The second-order valence-electron chi connectivity index (χ2n) is 5.99. The molecule has 0 saturated heterocycles. The molecule has 1 aliphatic rings. The Kier molecular flexibility index (Phi) is 5.81. The van der Waals surface area contributed by atoms with E-state index in [4.69, 9.17) is 27.9 Å². The Morgan fingerprint density at radius 2 is 2.04 bits per heavy atom. The van der Waals surface area contributed by atoms with Crippen LogP contribution in [0.4, 0.5) is 5.69 Å². The summed E-state index contributed by atoms with van der Waals surface area (Å²) in [7, 11) is 1.62. The zero-order valence-electron chi connectivity index (χ0n) is 14.2. The first kappa shape index (κ1) is 18.7. The van der Waals surface area contributed by atoms with Crippen molar-refractivity contribution in [3.05, 3.63) is 63.1 Å². The predicted octanol–water partition coefficient (Wildman–Crippen LogP) is 3.89. The number of hydrogen-bond acceptors (Lipinski definition) is 3. The Hall–Kier alpha value is -2.08. The van der Waals surface area contributed by atoms with E-state index in [2.05, 4.69) is 5.32 Å². The molecule has 26 heavy (non-hydrogen) atoms. The lowest BCUT2D eigenvalue weighted by Gasteiger charge is -2.28. The minimum atomic E-state index is -0.324. The number of methoxy groups -OCH3 is 1. The van der Waals surface area contributed by atoms with Gasteiger partial charge in [-0.05, 0) is 48.4 Å². The summed E-state index contributed by atoms with van der Waals surface area (Å²) in [5, 5.41) is 3.58. The number of amides is 2. The fourth-order valence-corrected chi connectivity index (χ4v) is 3.40. The lowest BCUT2D eigenvalue weighted by molar-refractivity contribution is 0.0679. The third-order valence-corrected chi connectivity index (χ3v) is 4.82. The van der Waals surface area contributed by atoms with Crippen LogP contribution in [0.5, 0.6) is 0 Å². The fraction of sp³-hybridized carbons (Fsp3) is 0.263. The number of carbonyl (C=O) groups excluding carboxylic acids is 2. The maximum absolute atomic E-state index is 12.5. The molecule has 0 aliphatic carbocycles. The van der Waals surface area contributed by atoms with Gasteiger partial charge < -0.3 is 15.0 Å². The van der Waals surface area contributed by atoms with Crippen molar-refractivity contribution in [1.82, 2.24) is 4.90 Å². The molecule has 1 heterocycles. The normalized spacial score (nSPS) is 13.5. The van der Waals surface area contributed by atoms with Gasteiger partial charge in [-0.3, -0.25) is 9.59 Å². The highest BCUT2D eigenvalue weighted by Crippen LogP contribution is 2.25. The van der Waals surface area contributed by atoms with Gasteiger partial charge >= 0.3 is 0 Å². The predicted molar refractivity (Wildman–Crippen MR) is 102 cm³/mol. The van der Waals surface area contributed by atoms with Crippen molar-refractivity contribution in [2.45, 2.75) is 6.42 Å². The summed E-state index contributed by atoms with van der Waals surface area (Å²) in [4.78, 5) is 26.7. The molecule has 0 bridgehead atoms. The number of carbonyl (C=O) groups is 2. The quantitative estimate of drug-likeness (QED) is 0.839. The molecule has 1 aliphatic heterocycles. The summed E-state index contributed by atoms with van der Waals surface area (Å²) in [6, 6.07) is 10.0. The van der Waals surface area contributed by atoms with Gasteiger partial charge in [0.1, 0.15) is 0 Å². The Morgan fingerprint density at radius 1 is 1.23 bits per heavy atom. The molecule has 0 spiro atoms. The van der Waals surface area contributed by atoms with Gasteiger partial charge in [-0.15, -0.1) is 0 Å². The van der Waals surface area contributed by atoms with Gasteiger partial charge in [0, 0.05) is 36.5 Å². The molecule has 0 aromatic heterocycles. The van der Waals surface area contributed by atoms with Crippen LogP contribution in [0.1, 0.15) is 26.3 Å². The van der Waals surface area contributed by atoms with E-state index in [1.165, 1.54) is 6.07 Å². The third kappa shape index (κ3) is 4.01. The van der Waals surface area contributed by atoms with Gasteiger partial charge in [0.15, 0.2) is 0 Å². The first-order chi connectivity index (χ1) is 12.5. The van der Waals surface area contributed by atoms with Gasteiger partial charge in [0.25, 0.3) is 11.8 Å². The third-order valence-electron chi connectivity index (χ3n) is 4.27. The number of halogens is 2. The Morgan fingerprint density at radius 3 is 2.77 bits per heavy atom. The average Bonchev–Trinajstić information content (AvgIpc) is 2.61. The van der Waals surface area contributed by atoms with E-state index in [1.807, 2.05) is 6.07 Å². The fourth-order valence-electron chi connectivity index (χ4n) is 2.90. The second kappa shape index (κ2) is 8.08. The molecule has 0 unspecified atom stereocenters. The number of fused-ring (bicyclic) bond motifs is 1. The van der Waals surface area contributed by atoms with Crippen molar-refractivity contribution in [1.29, 1.82) is 0 Å². The van der Waals surface area contributed by atoms with Crippen molar-refractivity contribution in [3.8, 4) is 0 Å². The summed E-state index contributed by atoms with van der Waals surface area (Å²) >= 11 is 11.9. The Balaban J connectivity index is 1.75. The molecule has 2 aromatic carbocycles. The molecule has 0 saturated carbocycles. The van der Waals surface area contributed by atoms with Crippen LogP contribution in [-0.2, 0) is 11.2 Å². The monoisotopic (exact) mass is 392 g/mol. The molecule has 0 fully saturated rings. The van der Waals surface area contributed by atoms with Crippen LogP contribution in [0.3, 0.4) is 0 Å². The number of nitrogens with zero attached hydrogens (tertiary/aromatic N) is 1. The van der Waals surface area contributed by atoms with E-state index in [1.54, 1.807) is 36.3 Å². The number of ether oxygens (including phenoxy) is 1. The molecule has 2 amide bonds. The van der Waals surface area contributed by atoms with Crippen LogP contribution >= 0.6 is 23.2 Å².